The van der Waals surface area contributed by atoms with Crippen molar-refractivity contribution >= 4 is 17.5 Å². The van der Waals surface area contributed by atoms with E-state index in [9.17, 15) is 4.79 Å². The van der Waals surface area contributed by atoms with Gasteiger partial charge in [0.2, 0.25) is 0 Å². The van der Waals surface area contributed by atoms with Gasteiger partial charge in [0.05, 0.1) is 6.54 Å². The van der Waals surface area contributed by atoms with Crippen LogP contribution in [0.2, 0.25) is 5.02 Å². The molecule has 3 aromatic rings. The van der Waals surface area contributed by atoms with E-state index in [1.165, 1.54) is 0 Å². The summed E-state index contributed by atoms with van der Waals surface area (Å²) in [4.78, 5) is 20.4. The molecule has 28 heavy (non-hydrogen) atoms. The third-order valence-corrected chi connectivity index (χ3v) is 5.22. The highest BCUT2D eigenvalue weighted by atomic mass is 35.5. The molecule has 2 aromatic heterocycles. The molecule has 1 aliphatic heterocycles. The number of H-pyrrole nitrogens is 1. The van der Waals surface area contributed by atoms with Gasteiger partial charge in [-0.15, -0.1) is 0 Å². The van der Waals surface area contributed by atoms with Crippen LogP contribution in [0.25, 0.3) is 11.3 Å². The largest absolute Gasteiger partial charge is 0.359 e. The van der Waals surface area contributed by atoms with Crippen LogP contribution in [0.1, 0.15) is 46.5 Å². The number of imidazole rings is 1. The molecule has 0 spiro atoms. The fourth-order valence-electron chi connectivity index (χ4n) is 3.40. The molecule has 7 nitrogen and oxygen atoms in total. The van der Waals surface area contributed by atoms with Gasteiger partial charge in [0.1, 0.15) is 17.2 Å². The smallest absolute Gasteiger partial charge is 0.272 e. The van der Waals surface area contributed by atoms with Crippen molar-refractivity contribution in [1.82, 2.24) is 25.8 Å². The number of hydrogen-bond acceptors (Lipinski definition) is 5. The number of nitrogens with one attached hydrogen (secondary N) is 3. The maximum atomic E-state index is 12.6. The van der Waals surface area contributed by atoms with Crippen molar-refractivity contribution in [3.8, 4) is 11.3 Å². The zero-order chi connectivity index (χ0) is 19.5. The zero-order valence-electron chi connectivity index (χ0n) is 15.6. The number of aryl methyl sites for hydroxylation is 1. The van der Waals surface area contributed by atoms with Gasteiger partial charge in [-0.25, -0.2) is 4.98 Å². The third kappa shape index (κ3) is 4.10. The lowest BCUT2D eigenvalue weighted by atomic mass is 9.98. The number of benzene rings is 1. The van der Waals surface area contributed by atoms with Gasteiger partial charge in [0, 0.05) is 28.3 Å². The number of amides is 1. The molecule has 3 heterocycles. The Balaban J connectivity index is 1.39. The summed E-state index contributed by atoms with van der Waals surface area (Å²) in [6.45, 7) is 4.08. The highest BCUT2D eigenvalue weighted by Crippen LogP contribution is 2.24. The molecule has 1 fully saturated rings. The molecule has 0 bridgehead atoms. The summed E-state index contributed by atoms with van der Waals surface area (Å²) in [6.07, 6.45) is 2.05. The van der Waals surface area contributed by atoms with Crippen molar-refractivity contribution < 1.29 is 9.32 Å². The van der Waals surface area contributed by atoms with Crippen LogP contribution < -0.4 is 10.6 Å². The van der Waals surface area contributed by atoms with Crippen molar-refractivity contribution in [2.75, 3.05) is 13.1 Å². The molecule has 0 radical (unpaired) electrons. The zero-order valence-corrected chi connectivity index (χ0v) is 16.3. The average molecular weight is 400 g/mol. The van der Waals surface area contributed by atoms with Crippen LogP contribution in [-0.2, 0) is 6.54 Å². The van der Waals surface area contributed by atoms with Crippen LogP contribution >= 0.6 is 11.6 Å². The monoisotopic (exact) mass is 399 g/mol. The number of nitrogens with zero attached hydrogens (tertiary/aromatic N) is 2. The third-order valence-electron chi connectivity index (χ3n) is 4.97. The number of aromatic amines is 1. The van der Waals surface area contributed by atoms with E-state index in [4.69, 9.17) is 16.1 Å². The van der Waals surface area contributed by atoms with Crippen molar-refractivity contribution in [2.45, 2.75) is 32.2 Å². The Morgan fingerprint density at radius 3 is 2.79 bits per heavy atom. The molecule has 8 heteroatoms. The number of carbonyl (C=O) groups excluding carboxylic acids is 1. The molecule has 0 atom stereocenters. The first-order valence-electron chi connectivity index (χ1n) is 9.37. The second kappa shape index (κ2) is 8.16. The predicted octanol–water partition coefficient (Wildman–Crippen LogP) is 3.42. The van der Waals surface area contributed by atoms with Gasteiger partial charge >= 0.3 is 0 Å². The van der Waals surface area contributed by atoms with Crippen LogP contribution in [0.3, 0.4) is 0 Å². The maximum Gasteiger partial charge on any atom is 0.272 e. The second-order valence-corrected chi connectivity index (χ2v) is 7.42. The lowest BCUT2D eigenvalue weighted by Gasteiger charge is -2.20. The summed E-state index contributed by atoms with van der Waals surface area (Å²) in [5.41, 5.74) is 2.82. The molecule has 1 amide bonds. The van der Waals surface area contributed by atoms with E-state index in [1.807, 2.05) is 19.1 Å². The first kappa shape index (κ1) is 18.7. The standard InChI is InChI=1S/C20H22ClN5O2/c1-12-18(25-19(24-12)14-6-8-22-9-7-14)20(27)23-11-16-10-17(26-28-16)13-2-4-15(21)5-3-13/h2-5,10,14,22H,6-9,11H2,1H3,(H,23,27)(H,24,25). The lowest BCUT2D eigenvalue weighted by Crippen LogP contribution is -2.27. The molecular formula is C20H22ClN5O2. The van der Waals surface area contributed by atoms with E-state index in [1.54, 1.807) is 18.2 Å². The van der Waals surface area contributed by atoms with Crippen molar-refractivity contribution in [3.63, 3.8) is 0 Å². The maximum absolute atomic E-state index is 12.6. The first-order valence-corrected chi connectivity index (χ1v) is 9.75. The second-order valence-electron chi connectivity index (χ2n) is 6.99. The Morgan fingerprint density at radius 2 is 2.04 bits per heavy atom. The van der Waals surface area contributed by atoms with E-state index in [0.29, 0.717) is 28.1 Å². The van der Waals surface area contributed by atoms with Crippen molar-refractivity contribution in [1.29, 1.82) is 0 Å². The number of aromatic nitrogens is 3. The Labute approximate surface area is 167 Å². The highest BCUT2D eigenvalue weighted by Gasteiger charge is 2.22. The van der Waals surface area contributed by atoms with Gasteiger partial charge in [0.25, 0.3) is 5.91 Å². The summed E-state index contributed by atoms with van der Waals surface area (Å²) in [5, 5.41) is 10.9. The number of carbonyl (C=O) groups is 1. The van der Waals surface area contributed by atoms with E-state index in [0.717, 1.165) is 43.0 Å². The van der Waals surface area contributed by atoms with Gasteiger partial charge in [-0.3, -0.25) is 4.79 Å². The minimum Gasteiger partial charge on any atom is -0.359 e. The van der Waals surface area contributed by atoms with Gasteiger partial charge < -0.3 is 20.1 Å². The normalized spacial score (nSPS) is 14.9. The topological polar surface area (TPSA) is 95.8 Å². The molecule has 1 aliphatic rings. The van der Waals surface area contributed by atoms with Crippen LogP contribution in [0.15, 0.2) is 34.9 Å². The number of piperidine rings is 1. The highest BCUT2D eigenvalue weighted by molar-refractivity contribution is 6.30. The molecule has 1 saturated heterocycles. The Morgan fingerprint density at radius 1 is 1.29 bits per heavy atom. The molecule has 0 unspecified atom stereocenters. The molecule has 4 rings (SSSR count). The van der Waals surface area contributed by atoms with E-state index >= 15 is 0 Å². The summed E-state index contributed by atoms with van der Waals surface area (Å²) in [5.74, 6) is 1.62. The van der Waals surface area contributed by atoms with E-state index in [-0.39, 0.29) is 12.5 Å². The van der Waals surface area contributed by atoms with E-state index < -0.39 is 0 Å². The van der Waals surface area contributed by atoms with Crippen LogP contribution in [0, 0.1) is 6.92 Å². The van der Waals surface area contributed by atoms with Gasteiger partial charge in [0.15, 0.2) is 5.76 Å². The molecular weight excluding hydrogens is 378 g/mol. The molecule has 146 valence electrons. The Hall–Kier alpha value is -2.64. The van der Waals surface area contributed by atoms with Crippen LogP contribution in [-0.4, -0.2) is 34.1 Å². The first-order chi connectivity index (χ1) is 13.6. The quantitative estimate of drug-likeness (QED) is 0.610. The number of hydrogen-bond donors (Lipinski definition) is 3. The van der Waals surface area contributed by atoms with Crippen molar-refractivity contribution in [3.05, 3.63) is 58.3 Å². The minimum absolute atomic E-state index is 0.224. The molecule has 0 aliphatic carbocycles. The predicted molar refractivity (Wildman–Crippen MR) is 106 cm³/mol. The molecule has 0 saturated carbocycles. The Kier molecular flexibility index (Phi) is 5.45. The van der Waals surface area contributed by atoms with E-state index in [2.05, 4.69) is 25.8 Å². The van der Waals surface area contributed by atoms with Gasteiger partial charge in [-0.1, -0.05) is 28.9 Å². The number of halogens is 1. The van der Waals surface area contributed by atoms with Crippen molar-refractivity contribution in [2.24, 2.45) is 0 Å². The van der Waals surface area contributed by atoms with Gasteiger partial charge in [-0.2, -0.15) is 0 Å². The minimum atomic E-state index is -0.224. The summed E-state index contributed by atoms with van der Waals surface area (Å²) < 4.78 is 5.33. The average Bonchev–Trinajstić information content (AvgIpc) is 3.34. The summed E-state index contributed by atoms with van der Waals surface area (Å²) >= 11 is 5.91. The van der Waals surface area contributed by atoms with Gasteiger partial charge in [-0.05, 0) is 45.0 Å². The Bertz CT molecular complexity index is 957. The molecule has 3 N–H and O–H groups in total. The fraction of sp³-hybridized carbons (Fsp3) is 0.350. The fourth-order valence-corrected chi connectivity index (χ4v) is 3.52. The summed E-state index contributed by atoms with van der Waals surface area (Å²) in [7, 11) is 0. The number of rotatable bonds is 5. The molecule has 1 aromatic carbocycles. The SMILES string of the molecule is Cc1[nH]c(C2CCNCC2)nc1C(=O)NCc1cc(-c2ccc(Cl)cc2)no1. The van der Waals surface area contributed by atoms with Crippen LogP contribution in [0.4, 0.5) is 0 Å². The summed E-state index contributed by atoms with van der Waals surface area (Å²) in [6, 6.07) is 9.15. The lowest BCUT2D eigenvalue weighted by molar-refractivity contribution is 0.0941. The van der Waals surface area contributed by atoms with Crippen LogP contribution in [0.5, 0.6) is 0 Å².